The van der Waals surface area contributed by atoms with Gasteiger partial charge < -0.3 is 5.73 Å². The Morgan fingerprint density at radius 3 is 2.14 bits per heavy atom. The van der Waals surface area contributed by atoms with Gasteiger partial charge in [0.05, 0.1) is 5.69 Å². The summed E-state index contributed by atoms with van der Waals surface area (Å²) in [6, 6.07) is 26.9. The average molecular weight is 536 g/mol. The Morgan fingerprint density at radius 1 is 0.914 bits per heavy atom. The summed E-state index contributed by atoms with van der Waals surface area (Å²) in [6.45, 7) is 0. The van der Waals surface area contributed by atoms with Crippen LogP contribution in [0, 0.1) is 3.95 Å². The van der Waals surface area contributed by atoms with Gasteiger partial charge >= 0.3 is 0 Å². The molecule has 174 valence electrons. The highest BCUT2D eigenvalue weighted by Crippen LogP contribution is 2.27. The number of halogens is 1. The third kappa shape index (κ3) is 4.71. The lowest BCUT2D eigenvalue weighted by Gasteiger charge is -2.09. The van der Waals surface area contributed by atoms with Gasteiger partial charge in [0, 0.05) is 21.8 Å². The number of carbonyl (C=O) groups excluding carboxylic acids is 1. The molecular formula is C25H18ClN5OS3. The first-order chi connectivity index (χ1) is 17.0. The minimum Gasteiger partial charge on any atom is -0.383 e. The second-order valence-corrected chi connectivity index (χ2v) is 10.3. The van der Waals surface area contributed by atoms with Gasteiger partial charge in [-0.1, -0.05) is 71.5 Å². The minimum absolute atomic E-state index is 0.280. The van der Waals surface area contributed by atoms with Gasteiger partial charge in [-0.05, 0) is 54.2 Å². The second kappa shape index (κ2) is 10.0. The van der Waals surface area contributed by atoms with Crippen molar-refractivity contribution in [2.75, 3.05) is 5.73 Å². The first kappa shape index (κ1) is 23.3. The lowest BCUT2D eigenvalue weighted by molar-refractivity contribution is 0.0957. The molecule has 10 heteroatoms. The van der Waals surface area contributed by atoms with Crippen LogP contribution in [0.3, 0.4) is 0 Å². The molecule has 3 aromatic carbocycles. The Bertz CT molecular complexity index is 1620. The molecule has 0 spiro atoms. The van der Waals surface area contributed by atoms with Crippen molar-refractivity contribution < 1.29 is 4.79 Å². The smallest absolute Gasteiger partial charge is 0.285 e. The molecule has 0 unspecified atom stereocenters. The van der Waals surface area contributed by atoms with Crippen LogP contribution >= 0.6 is 46.5 Å². The van der Waals surface area contributed by atoms with E-state index in [9.17, 15) is 4.79 Å². The van der Waals surface area contributed by atoms with Crippen LogP contribution in [-0.4, -0.2) is 15.0 Å². The number of benzene rings is 3. The highest BCUT2D eigenvalue weighted by Gasteiger charge is 2.18. The van der Waals surface area contributed by atoms with Crippen LogP contribution in [0.15, 0.2) is 95.4 Å². The maximum atomic E-state index is 13.0. The summed E-state index contributed by atoms with van der Waals surface area (Å²) in [5.74, 6) is -0.141. The molecule has 0 fully saturated rings. The summed E-state index contributed by atoms with van der Waals surface area (Å²) < 4.78 is 4.15. The summed E-state index contributed by atoms with van der Waals surface area (Å²) in [7, 11) is 0. The average Bonchev–Trinajstić information content (AvgIpc) is 3.44. The molecule has 0 saturated carbocycles. The van der Waals surface area contributed by atoms with Gasteiger partial charge in [-0.2, -0.15) is 0 Å². The molecule has 0 aliphatic rings. The number of nitrogens with two attached hydrogens (primary N) is 1. The summed E-state index contributed by atoms with van der Waals surface area (Å²) in [5.41, 5.74) is 12.6. The van der Waals surface area contributed by atoms with Crippen LogP contribution in [0.2, 0.25) is 5.02 Å². The number of nitrogens with one attached hydrogen (secondary N) is 1. The molecule has 35 heavy (non-hydrogen) atoms. The highest BCUT2D eigenvalue weighted by molar-refractivity contribution is 7.73. The molecule has 0 aliphatic heterocycles. The van der Waals surface area contributed by atoms with Gasteiger partial charge in [0.15, 0.2) is 3.95 Å². The van der Waals surface area contributed by atoms with Crippen LogP contribution in [0.5, 0.6) is 0 Å². The van der Waals surface area contributed by atoms with E-state index in [4.69, 9.17) is 29.6 Å². The summed E-state index contributed by atoms with van der Waals surface area (Å²) in [5, 5.41) is 7.09. The molecule has 2 heterocycles. The predicted molar refractivity (Wildman–Crippen MR) is 146 cm³/mol. The molecule has 0 aliphatic carbocycles. The predicted octanol–water partition coefficient (Wildman–Crippen LogP) is 6.27. The van der Waals surface area contributed by atoms with E-state index < -0.39 is 5.91 Å². The lowest BCUT2D eigenvalue weighted by Crippen LogP contribution is -2.24. The van der Waals surface area contributed by atoms with Gasteiger partial charge in [0.2, 0.25) is 4.80 Å². The van der Waals surface area contributed by atoms with Gasteiger partial charge in [-0.15, -0.1) is 16.4 Å². The van der Waals surface area contributed by atoms with E-state index in [1.54, 1.807) is 4.57 Å². The van der Waals surface area contributed by atoms with Crippen LogP contribution in [0.4, 0.5) is 5.82 Å². The Kier molecular flexibility index (Phi) is 6.65. The van der Waals surface area contributed by atoms with Gasteiger partial charge in [0.25, 0.3) is 5.91 Å². The maximum absolute atomic E-state index is 13.0. The molecule has 5 aromatic rings. The number of nitrogen functional groups attached to an aromatic ring is 1. The number of rotatable bonds is 5. The molecular weight excluding hydrogens is 518 g/mol. The van der Waals surface area contributed by atoms with Crippen molar-refractivity contribution >= 4 is 58.2 Å². The van der Waals surface area contributed by atoms with Crippen LogP contribution < -0.4 is 16.0 Å². The maximum Gasteiger partial charge on any atom is 0.285 e. The first-order valence-corrected chi connectivity index (χ1v) is 12.9. The molecule has 5 rings (SSSR count). The van der Waals surface area contributed by atoms with Crippen molar-refractivity contribution in [3.8, 4) is 22.6 Å². The fourth-order valence-corrected chi connectivity index (χ4v) is 5.81. The zero-order valence-corrected chi connectivity index (χ0v) is 21.3. The molecule has 3 N–H and O–H groups in total. The number of nitrogens with zero attached hydrogens (tertiary/aromatic N) is 3. The zero-order chi connectivity index (χ0) is 24.4. The van der Waals surface area contributed by atoms with E-state index in [-0.39, 0.29) is 5.82 Å². The Hall–Kier alpha value is -3.50. The molecule has 0 saturated heterocycles. The zero-order valence-electron chi connectivity index (χ0n) is 18.1. The summed E-state index contributed by atoms with van der Waals surface area (Å²) >= 11 is 14.1. The van der Waals surface area contributed by atoms with Gasteiger partial charge in [-0.25, -0.2) is 5.43 Å². The normalized spacial score (nSPS) is 11.5. The van der Waals surface area contributed by atoms with E-state index in [0.717, 1.165) is 34.0 Å². The van der Waals surface area contributed by atoms with Gasteiger partial charge in [0.1, 0.15) is 10.7 Å². The number of para-hydroxylation sites is 2. The molecule has 0 radical (unpaired) electrons. The summed E-state index contributed by atoms with van der Waals surface area (Å²) in [4.78, 5) is 13.9. The van der Waals surface area contributed by atoms with Crippen molar-refractivity contribution in [1.82, 2.24) is 14.6 Å². The van der Waals surface area contributed by atoms with Crippen molar-refractivity contribution in [2.24, 2.45) is 5.10 Å². The van der Waals surface area contributed by atoms with Crippen LogP contribution in [0.1, 0.15) is 9.67 Å². The van der Waals surface area contributed by atoms with E-state index in [1.165, 1.54) is 11.3 Å². The third-order valence-corrected chi connectivity index (χ3v) is 7.65. The number of anilines is 1. The largest absolute Gasteiger partial charge is 0.383 e. The fourth-order valence-electron chi connectivity index (χ4n) is 3.56. The number of carbonyl (C=O) groups is 1. The number of hydrogen-bond acceptors (Lipinski definition) is 6. The summed E-state index contributed by atoms with van der Waals surface area (Å²) in [6.07, 6.45) is 0. The van der Waals surface area contributed by atoms with Crippen molar-refractivity contribution in [2.45, 2.75) is 0 Å². The minimum atomic E-state index is -0.422. The Balaban J connectivity index is 1.53. The monoisotopic (exact) mass is 535 g/mol. The number of thiazole rings is 2. The second-order valence-electron chi connectivity index (χ2n) is 7.39. The fraction of sp³-hybridized carbons (Fsp3) is 0. The lowest BCUT2D eigenvalue weighted by atomic mass is 10.1. The molecule has 0 atom stereocenters. The van der Waals surface area contributed by atoms with Crippen molar-refractivity contribution in [3.05, 3.63) is 109 Å². The third-order valence-electron chi connectivity index (χ3n) is 5.18. The number of amides is 1. The van der Waals surface area contributed by atoms with Crippen molar-refractivity contribution in [3.63, 3.8) is 0 Å². The molecule has 1 amide bonds. The number of hydrogen-bond donors (Lipinski definition) is 2. The topological polar surface area (TPSA) is 77.3 Å². The van der Waals surface area contributed by atoms with Crippen LogP contribution in [0.25, 0.3) is 22.6 Å². The Morgan fingerprint density at radius 2 is 1.51 bits per heavy atom. The SMILES string of the molecule is Nc1c(C(=O)N/N=c2/scc(-c3ccc(Cl)cc3)n2-c2ccccc2)sc(=S)n1-c1ccccc1. The first-order valence-electron chi connectivity index (χ1n) is 10.5. The van der Waals surface area contributed by atoms with E-state index in [0.29, 0.717) is 18.7 Å². The molecule has 6 nitrogen and oxygen atoms in total. The van der Waals surface area contributed by atoms with E-state index >= 15 is 0 Å². The quantitative estimate of drug-likeness (QED) is 0.206. The molecule has 0 bridgehead atoms. The highest BCUT2D eigenvalue weighted by atomic mass is 35.5. The van der Waals surface area contributed by atoms with Crippen LogP contribution in [-0.2, 0) is 0 Å². The molecule has 2 aromatic heterocycles. The Labute approximate surface area is 219 Å². The van der Waals surface area contributed by atoms with E-state index in [2.05, 4.69) is 10.5 Å². The standard InChI is InChI=1S/C25H18ClN5OS3/c26-17-13-11-16(12-14-17)20-15-34-24(30(20)18-7-3-1-4-8-18)29-28-23(32)21-22(27)31(25(33)35-21)19-9-5-2-6-10-19/h1-15H,27H2,(H,28,32)/b29-24+. The van der Waals surface area contributed by atoms with Crippen molar-refractivity contribution in [1.29, 1.82) is 0 Å². The van der Waals surface area contributed by atoms with Gasteiger partial charge in [-0.3, -0.25) is 13.9 Å². The number of aromatic nitrogens is 2. The van der Waals surface area contributed by atoms with E-state index in [1.807, 2.05) is 94.9 Å².